The van der Waals surface area contributed by atoms with E-state index in [4.69, 9.17) is 0 Å². The van der Waals surface area contributed by atoms with Crippen LogP contribution in [0.5, 0.6) is 11.5 Å². The second-order valence-corrected chi connectivity index (χ2v) is 7.59. The van der Waals surface area contributed by atoms with Gasteiger partial charge in [-0.15, -0.1) is 26.3 Å². The molecule has 1 heterocycles. The Hall–Kier alpha value is -5.02. The Kier molecular flexibility index (Phi) is 7.97. The van der Waals surface area contributed by atoms with Crippen LogP contribution in [-0.2, 0) is 0 Å². The minimum atomic E-state index is -4.89. The lowest BCUT2D eigenvalue weighted by molar-refractivity contribution is -0.275. The maximum Gasteiger partial charge on any atom is 0.573 e. The molecule has 0 fully saturated rings. The van der Waals surface area contributed by atoms with Crippen molar-refractivity contribution in [3.63, 3.8) is 0 Å². The van der Waals surface area contributed by atoms with Crippen molar-refractivity contribution in [3.8, 4) is 22.9 Å². The van der Waals surface area contributed by atoms with Gasteiger partial charge in [-0.3, -0.25) is 0 Å². The van der Waals surface area contributed by atoms with Crippen molar-refractivity contribution in [2.24, 2.45) is 5.10 Å². The van der Waals surface area contributed by atoms with Crippen LogP contribution in [0.1, 0.15) is 5.56 Å². The van der Waals surface area contributed by atoms with Crippen LogP contribution >= 0.6 is 0 Å². The molecule has 8 nitrogen and oxygen atoms in total. The van der Waals surface area contributed by atoms with E-state index in [9.17, 15) is 35.1 Å². The Labute approximate surface area is 219 Å². The summed E-state index contributed by atoms with van der Waals surface area (Å²) < 4.78 is 111. The molecule has 0 aliphatic heterocycles. The van der Waals surface area contributed by atoms with Gasteiger partial charge in [0.15, 0.2) is 5.82 Å². The first-order valence-corrected chi connectivity index (χ1v) is 10.8. The maximum atomic E-state index is 14.4. The summed E-state index contributed by atoms with van der Waals surface area (Å²) in [5, 5.41) is 6.54. The quantitative estimate of drug-likeness (QED) is 0.137. The average molecular weight is 570 g/mol. The summed E-state index contributed by atoms with van der Waals surface area (Å²) in [6, 6.07) is 12.2. The summed E-state index contributed by atoms with van der Waals surface area (Å²) in [6.45, 7) is 0. The molecule has 4 aromatic rings. The average Bonchev–Trinajstić information content (AvgIpc) is 2.84. The van der Waals surface area contributed by atoms with Gasteiger partial charge < -0.3 is 14.8 Å². The molecule has 0 saturated heterocycles. The van der Waals surface area contributed by atoms with Gasteiger partial charge in [0.2, 0.25) is 11.9 Å². The van der Waals surface area contributed by atoms with Gasteiger partial charge >= 0.3 is 12.7 Å². The van der Waals surface area contributed by atoms with Gasteiger partial charge in [0, 0.05) is 5.69 Å². The summed E-state index contributed by atoms with van der Waals surface area (Å²) >= 11 is 0. The second kappa shape index (κ2) is 11.4. The first-order chi connectivity index (χ1) is 18.8. The molecule has 0 radical (unpaired) electrons. The fourth-order valence-electron chi connectivity index (χ4n) is 3.09. The molecule has 0 aliphatic carbocycles. The van der Waals surface area contributed by atoms with Crippen LogP contribution in [0.25, 0.3) is 11.4 Å². The van der Waals surface area contributed by atoms with Gasteiger partial charge in [-0.1, -0.05) is 6.07 Å². The Morgan fingerprint density at radius 1 is 0.675 bits per heavy atom. The minimum Gasteiger partial charge on any atom is -0.406 e. The van der Waals surface area contributed by atoms with Gasteiger partial charge in [0.25, 0.3) is 0 Å². The molecule has 208 valence electrons. The first kappa shape index (κ1) is 28.0. The van der Waals surface area contributed by atoms with Gasteiger partial charge in [-0.25, -0.2) is 14.2 Å². The first-order valence-electron chi connectivity index (χ1n) is 10.8. The van der Waals surface area contributed by atoms with Crippen molar-refractivity contribution in [3.05, 3.63) is 83.9 Å². The SMILES string of the molecule is Fc1cccc(F)c1-c1nc(NN=Cc2ccc(OC(F)(F)F)cc2)nc(Nc2ccc(OC(F)(F)F)cc2)n1. The molecule has 0 aliphatic rings. The highest BCUT2D eigenvalue weighted by Crippen LogP contribution is 2.28. The number of alkyl halides is 6. The monoisotopic (exact) mass is 570 g/mol. The number of nitrogens with zero attached hydrogens (tertiary/aromatic N) is 4. The highest BCUT2D eigenvalue weighted by molar-refractivity contribution is 5.80. The van der Waals surface area contributed by atoms with Crippen molar-refractivity contribution in [2.75, 3.05) is 10.7 Å². The van der Waals surface area contributed by atoms with Crippen molar-refractivity contribution < 1.29 is 44.6 Å². The molecule has 40 heavy (non-hydrogen) atoms. The lowest BCUT2D eigenvalue weighted by atomic mass is 10.2. The van der Waals surface area contributed by atoms with E-state index in [0.29, 0.717) is 5.56 Å². The highest BCUT2D eigenvalue weighted by atomic mass is 19.4. The fraction of sp³-hybridized carbons (Fsp3) is 0.0833. The number of rotatable bonds is 8. The molecule has 2 N–H and O–H groups in total. The van der Waals surface area contributed by atoms with Crippen LogP contribution < -0.4 is 20.2 Å². The van der Waals surface area contributed by atoms with Crippen LogP contribution in [-0.4, -0.2) is 33.9 Å². The molecule has 0 atom stereocenters. The van der Waals surface area contributed by atoms with E-state index >= 15 is 0 Å². The predicted molar refractivity (Wildman–Crippen MR) is 126 cm³/mol. The Bertz CT molecular complexity index is 1470. The number of anilines is 3. The third kappa shape index (κ3) is 7.99. The second-order valence-electron chi connectivity index (χ2n) is 7.59. The minimum absolute atomic E-state index is 0.191. The zero-order valence-electron chi connectivity index (χ0n) is 19.6. The number of aromatic nitrogens is 3. The van der Waals surface area contributed by atoms with Crippen LogP contribution in [0.3, 0.4) is 0 Å². The fourth-order valence-corrected chi connectivity index (χ4v) is 3.09. The van der Waals surface area contributed by atoms with E-state index in [2.05, 4.69) is 40.3 Å². The van der Waals surface area contributed by atoms with Gasteiger partial charge in [-0.05, 0) is 66.2 Å². The van der Waals surface area contributed by atoms with Gasteiger partial charge in [0.1, 0.15) is 23.1 Å². The van der Waals surface area contributed by atoms with E-state index in [0.717, 1.165) is 42.5 Å². The zero-order chi connectivity index (χ0) is 28.9. The molecule has 1 aromatic heterocycles. The van der Waals surface area contributed by atoms with E-state index in [1.807, 2.05) is 0 Å². The smallest absolute Gasteiger partial charge is 0.406 e. The summed E-state index contributed by atoms with van der Waals surface area (Å²) in [5.41, 5.74) is 2.37. The van der Waals surface area contributed by atoms with Gasteiger partial charge in [0.05, 0.1) is 11.8 Å². The summed E-state index contributed by atoms with van der Waals surface area (Å²) in [6.07, 6.45) is -8.55. The van der Waals surface area contributed by atoms with Crippen molar-refractivity contribution in [1.82, 2.24) is 15.0 Å². The van der Waals surface area contributed by atoms with E-state index in [1.54, 1.807) is 0 Å². The molecule has 0 unspecified atom stereocenters. The van der Waals surface area contributed by atoms with Crippen molar-refractivity contribution >= 4 is 23.8 Å². The largest absolute Gasteiger partial charge is 0.573 e. The zero-order valence-corrected chi connectivity index (χ0v) is 19.6. The number of hydrogen-bond donors (Lipinski definition) is 2. The molecule has 4 rings (SSSR count). The van der Waals surface area contributed by atoms with Crippen molar-refractivity contribution in [2.45, 2.75) is 12.7 Å². The topological polar surface area (TPSA) is 93.6 Å². The lowest BCUT2D eigenvalue weighted by Gasteiger charge is -2.11. The normalized spacial score (nSPS) is 11.9. The number of ether oxygens (including phenoxy) is 2. The third-order valence-electron chi connectivity index (χ3n) is 4.66. The lowest BCUT2D eigenvalue weighted by Crippen LogP contribution is -2.17. The number of halogens is 8. The van der Waals surface area contributed by atoms with Crippen LogP contribution in [0.4, 0.5) is 52.7 Å². The summed E-state index contributed by atoms with van der Waals surface area (Å²) in [4.78, 5) is 12.0. The Balaban J connectivity index is 1.58. The molecule has 3 aromatic carbocycles. The number of hydrazone groups is 1. The van der Waals surface area contributed by atoms with Crippen molar-refractivity contribution in [1.29, 1.82) is 0 Å². The molecular weight excluding hydrogens is 556 g/mol. The third-order valence-corrected chi connectivity index (χ3v) is 4.66. The van der Waals surface area contributed by atoms with Crippen LogP contribution in [0.2, 0.25) is 0 Å². The van der Waals surface area contributed by atoms with Crippen LogP contribution in [0, 0.1) is 11.6 Å². The molecule has 0 spiro atoms. The number of nitrogens with one attached hydrogen (secondary N) is 2. The standard InChI is InChI=1S/C24H14F8N6O2/c25-17-2-1-3-18(26)19(17)20-35-21(34-14-6-10-16(11-7-14)40-24(30,31)32)37-22(36-20)38-33-12-13-4-8-15(9-5-13)39-23(27,28)29/h1-12H,(H2,34,35,36,37,38). The number of benzene rings is 3. The highest BCUT2D eigenvalue weighted by Gasteiger charge is 2.31. The molecule has 0 amide bonds. The molecule has 16 heteroatoms. The summed E-state index contributed by atoms with van der Waals surface area (Å²) in [5.74, 6) is -3.92. The van der Waals surface area contributed by atoms with Gasteiger partial charge in [-0.2, -0.15) is 20.1 Å². The molecule has 0 saturated carbocycles. The maximum absolute atomic E-state index is 14.4. The number of hydrogen-bond acceptors (Lipinski definition) is 8. The molecular formula is C24H14F8N6O2. The predicted octanol–water partition coefficient (Wildman–Crippen LogP) is 6.80. The van der Waals surface area contributed by atoms with E-state index in [1.165, 1.54) is 30.5 Å². The van der Waals surface area contributed by atoms with Crippen LogP contribution in [0.15, 0.2) is 71.8 Å². The summed E-state index contributed by atoms with van der Waals surface area (Å²) in [7, 11) is 0. The Morgan fingerprint density at radius 2 is 1.20 bits per heavy atom. The van der Waals surface area contributed by atoms with E-state index < -0.39 is 47.2 Å². The Morgan fingerprint density at radius 3 is 1.75 bits per heavy atom. The molecule has 0 bridgehead atoms. The van der Waals surface area contributed by atoms with E-state index in [-0.39, 0.29) is 17.6 Å².